The van der Waals surface area contributed by atoms with Crippen molar-refractivity contribution < 1.29 is 23.6 Å². The van der Waals surface area contributed by atoms with E-state index in [1.54, 1.807) is 37.3 Å². The molecule has 1 heterocycles. The summed E-state index contributed by atoms with van der Waals surface area (Å²) in [7, 11) is 1.53. The Hall–Kier alpha value is -2.83. The summed E-state index contributed by atoms with van der Waals surface area (Å²) < 4.78 is 14.9. The molecule has 0 radical (unpaired) electrons. The second-order valence-electron chi connectivity index (χ2n) is 4.59. The normalized spacial score (nSPS) is 11.6. The van der Waals surface area contributed by atoms with Gasteiger partial charge in [0.1, 0.15) is 11.5 Å². The van der Waals surface area contributed by atoms with Gasteiger partial charge in [-0.25, -0.2) is 4.79 Å². The molecule has 2 rings (SSSR count). The minimum absolute atomic E-state index is 0.273. The fraction of sp³-hybridized carbons (Fsp3) is 0.267. The summed E-state index contributed by atoms with van der Waals surface area (Å²) >= 11 is 0. The number of benzene rings is 1. The number of carbonyl (C=O) groups excluding carboxylic acids is 2. The molecule has 1 aromatic carbocycles. The van der Waals surface area contributed by atoms with Crippen LogP contribution in [0.5, 0.6) is 5.75 Å². The quantitative estimate of drug-likeness (QED) is 0.851. The largest absolute Gasteiger partial charge is 0.497 e. The maximum absolute atomic E-state index is 11.9. The fourth-order valence-electron chi connectivity index (χ4n) is 1.66. The topological polar surface area (TPSA) is 90.7 Å². The van der Waals surface area contributed by atoms with Gasteiger partial charge < -0.3 is 19.3 Å². The molecule has 0 fully saturated rings. The summed E-state index contributed by atoms with van der Waals surface area (Å²) in [5.41, 5.74) is 0.331. The van der Waals surface area contributed by atoms with Gasteiger partial charge in [-0.2, -0.15) is 0 Å². The van der Waals surface area contributed by atoms with Crippen molar-refractivity contribution in [2.75, 3.05) is 12.4 Å². The molecule has 0 saturated carbocycles. The first-order chi connectivity index (χ1) is 10.5. The third kappa shape index (κ3) is 3.85. The second kappa shape index (κ2) is 6.75. The molecule has 0 aliphatic carbocycles. The van der Waals surface area contributed by atoms with E-state index in [1.807, 2.05) is 0 Å². The lowest BCUT2D eigenvalue weighted by atomic mass is 10.2. The molecule has 2 aromatic rings. The molecule has 7 nitrogen and oxygen atoms in total. The Balaban J connectivity index is 1.93. The number of anilines is 1. The number of carbonyl (C=O) groups is 2. The number of hydrogen-bond donors (Lipinski definition) is 1. The molecular formula is C15H16N2O5. The highest BCUT2D eigenvalue weighted by Gasteiger charge is 2.20. The van der Waals surface area contributed by atoms with E-state index >= 15 is 0 Å². The number of rotatable bonds is 5. The van der Waals surface area contributed by atoms with E-state index in [0.29, 0.717) is 17.1 Å². The van der Waals surface area contributed by atoms with Crippen molar-refractivity contribution in [3.05, 3.63) is 41.7 Å². The number of hydrogen-bond acceptors (Lipinski definition) is 6. The second-order valence-corrected chi connectivity index (χ2v) is 4.59. The molecule has 0 spiro atoms. The third-order valence-electron chi connectivity index (χ3n) is 2.86. The van der Waals surface area contributed by atoms with Crippen LogP contribution in [0.1, 0.15) is 23.0 Å². The van der Waals surface area contributed by atoms with Crippen molar-refractivity contribution in [3.63, 3.8) is 0 Å². The number of nitrogens with zero attached hydrogens (tertiary/aromatic N) is 1. The summed E-state index contributed by atoms with van der Waals surface area (Å²) in [5.74, 6) is 0.383. The first-order valence-electron chi connectivity index (χ1n) is 6.59. The zero-order valence-electron chi connectivity index (χ0n) is 12.5. The summed E-state index contributed by atoms with van der Waals surface area (Å²) in [6.07, 6.45) is -0.966. The number of nitrogens with one attached hydrogen (secondary N) is 1. The van der Waals surface area contributed by atoms with Crippen LogP contribution in [-0.2, 0) is 9.53 Å². The van der Waals surface area contributed by atoms with Gasteiger partial charge in [0.15, 0.2) is 11.9 Å². The van der Waals surface area contributed by atoms with Crippen LogP contribution in [0, 0.1) is 6.92 Å². The van der Waals surface area contributed by atoms with E-state index in [1.165, 1.54) is 14.0 Å². The number of aryl methyl sites for hydroxylation is 1. The Morgan fingerprint density at radius 1 is 1.27 bits per heavy atom. The van der Waals surface area contributed by atoms with Gasteiger partial charge in [0.05, 0.1) is 12.7 Å². The Morgan fingerprint density at radius 2 is 1.95 bits per heavy atom. The van der Waals surface area contributed by atoms with Crippen molar-refractivity contribution in [1.29, 1.82) is 0 Å². The van der Waals surface area contributed by atoms with E-state index in [0.717, 1.165) is 0 Å². The highest BCUT2D eigenvalue weighted by Crippen LogP contribution is 2.13. The van der Waals surface area contributed by atoms with Crippen LogP contribution in [0.15, 0.2) is 34.9 Å². The zero-order chi connectivity index (χ0) is 16.1. The first kappa shape index (κ1) is 15.6. The standard InChI is InChI=1S/C15H16N2O5/c1-9-8-13(17-22-9)16-14(18)10(2)21-15(19)11-4-6-12(20-3)7-5-11/h4-8,10H,1-3H3,(H,16,17,18)/t10-/m0/s1. The zero-order valence-corrected chi connectivity index (χ0v) is 12.5. The molecule has 116 valence electrons. The van der Waals surface area contributed by atoms with Gasteiger partial charge in [-0.05, 0) is 38.1 Å². The van der Waals surface area contributed by atoms with Crippen molar-refractivity contribution >= 4 is 17.7 Å². The van der Waals surface area contributed by atoms with Gasteiger partial charge in [0.25, 0.3) is 5.91 Å². The van der Waals surface area contributed by atoms with Crippen LogP contribution in [0.4, 0.5) is 5.82 Å². The Kier molecular flexibility index (Phi) is 4.77. The van der Waals surface area contributed by atoms with Crippen molar-refractivity contribution in [2.24, 2.45) is 0 Å². The molecule has 0 bridgehead atoms. The van der Waals surface area contributed by atoms with Crippen LogP contribution < -0.4 is 10.1 Å². The third-order valence-corrected chi connectivity index (χ3v) is 2.86. The van der Waals surface area contributed by atoms with Crippen LogP contribution in [0.25, 0.3) is 0 Å². The lowest BCUT2D eigenvalue weighted by Crippen LogP contribution is -2.30. The van der Waals surface area contributed by atoms with E-state index < -0.39 is 18.0 Å². The number of aromatic nitrogens is 1. The molecule has 1 N–H and O–H groups in total. The maximum Gasteiger partial charge on any atom is 0.338 e. The maximum atomic E-state index is 11.9. The minimum Gasteiger partial charge on any atom is -0.497 e. The van der Waals surface area contributed by atoms with Gasteiger partial charge >= 0.3 is 5.97 Å². The van der Waals surface area contributed by atoms with E-state index in [9.17, 15) is 9.59 Å². The average molecular weight is 304 g/mol. The molecule has 0 saturated heterocycles. The SMILES string of the molecule is COc1ccc(C(=O)O[C@@H](C)C(=O)Nc2cc(C)on2)cc1. The van der Waals surface area contributed by atoms with Gasteiger partial charge in [0.2, 0.25) is 0 Å². The fourth-order valence-corrected chi connectivity index (χ4v) is 1.66. The van der Waals surface area contributed by atoms with Crippen molar-refractivity contribution in [2.45, 2.75) is 20.0 Å². The summed E-state index contributed by atoms with van der Waals surface area (Å²) in [4.78, 5) is 23.8. The monoisotopic (exact) mass is 304 g/mol. The Morgan fingerprint density at radius 3 is 2.50 bits per heavy atom. The molecule has 1 aromatic heterocycles. The molecule has 7 heteroatoms. The smallest absolute Gasteiger partial charge is 0.338 e. The summed E-state index contributed by atoms with van der Waals surface area (Å²) in [6, 6.07) is 7.97. The molecule has 22 heavy (non-hydrogen) atoms. The van der Waals surface area contributed by atoms with Crippen molar-refractivity contribution in [3.8, 4) is 5.75 Å². The predicted octanol–water partition coefficient (Wildman–Crippen LogP) is 2.18. The van der Waals surface area contributed by atoms with Gasteiger partial charge in [-0.3, -0.25) is 4.79 Å². The predicted molar refractivity (Wildman–Crippen MR) is 77.7 cm³/mol. The number of ether oxygens (including phenoxy) is 2. The Labute approximate surface area is 127 Å². The van der Waals surface area contributed by atoms with Crippen molar-refractivity contribution in [1.82, 2.24) is 5.16 Å². The van der Waals surface area contributed by atoms with Crippen LogP contribution in [0.2, 0.25) is 0 Å². The first-order valence-corrected chi connectivity index (χ1v) is 6.59. The number of methoxy groups -OCH3 is 1. The number of amides is 1. The molecular weight excluding hydrogens is 288 g/mol. The van der Waals surface area contributed by atoms with Gasteiger partial charge in [0, 0.05) is 6.07 Å². The van der Waals surface area contributed by atoms with Crippen LogP contribution >= 0.6 is 0 Å². The van der Waals surface area contributed by atoms with Gasteiger partial charge in [-0.1, -0.05) is 5.16 Å². The van der Waals surface area contributed by atoms with Gasteiger partial charge in [-0.15, -0.1) is 0 Å². The van der Waals surface area contributed by atoms with E-state index in [4.69, 9.17) is 14.0 Å². The van der Waals surface area contributed by atoms with Crippen LogP contribution in [-0.4, -0.2) is 30.2 Å². The highest BCUT2D eigenvalue weighted by atomic mass is 16.5. The molecule has 1 amide bonds. The lowest BCUT2D eigenvalue weighted by molar-refractivity contribution is -0.123. The summed E-state index contributed by atoms with van der Waals surface area (Å²) in [6.45, 7) is 3.18. The molecule has 0 aliphatic heterocycles. The minimum atomic E-state index is -0.966. The van der Waals surface area contributed by atoms with E-state index in [2.05, 4.69) is 10.5 Å². The average Bonchev–Trinajstić information content (AvgIpc) is 2.92. The lowest BCUT2D eigenvalue weighted by Gasteiger charge is -2.12. The highest BCUT2D eigenvalue weighted by molar-refractivity contribution is 5.96. The number of esters is 1. The van der Waals surface area contributed by atoms with Crippen LogP contribution in [0.3, 0.4) is 0 Å². The molecule has 0 aliphatic rings. The summed E-state index contributed by atoms with van der Waals surface area (Å²) in [5, 5.41) is 6.13. The molecule has 0 unspecified atom stereocenters. The Bertz CT molecular complexity index is 663. The molecule has 1 atom stereocenters. The van der Waals surface area contributed by atoms with E-state index in [-0.39, 0.29) is 5.82 Å².